The van der Waals surface area contributed by atoms with Gasteiger partial charge in [-0.05, 0) is 61.6 Å². The molecule has 5 rings (SSSR count). The number of aryl methyl sites for hydroxylation is 3. The summed E-state index contributed by atoms with van der Waals surface area (Å²) in [6, 6.07) is 10.6. The quantitative estimate of drug-likeness (QED) is 0.506. The Kier molecular flexibility index (Phi) is 5.29. The van der Waals surface area contributed by atoms with E-state index in [1.165, 1.54) is 22.3 Å². The second-order valence-electron chi connectivity index (χ2n) is 8.86. The summed E-state index contributed by atoms with van der Waals surface area (Å²) in [5, 5.41) is 14.4. The zero-order valence-electron chi connectivity index (χ0n) is 19.8. The molecule has 2 aromatic carbocycles. The molecule has 0 radical (unpaired) electrons. The number of hydrogen-bond acceptors (Lipinski definition) is 5. The number of fused-ring (bicyclic) bond motifs is 2. The van der Waals surface area contributed by atoms with Crippen molar-refractivity contribution in [2.45, 2.75) is 33.2 Å². The van der Waals surface area contributed by atoms with Crippen LogP contribution in [0.15, 0.2) is 41.2 Å². The summed E-state index contributed by atoms with van der Waals surface area (Å²) in [5.41, 5.74) is 7.68. The Balaban J connectivity index is 1.58. The zero-order chi connectivity index (χ0) is 23.3. The number of benzene rings is 2. The predicted octanol–water partition coefficient (Wildman–Crippen LogP) is 4.41. The first-order valence-corrected chi connectivity index (χ1v) is 11.3. The molecule has 1 N–H and O–H groups in total. The van der Waals surface area contributed by atoms with Crippen LogP contribution in [0.5, 0.6) is 0 Å². The third-order valence-electron chi connectivity index (χ3n) is 6.86. The molecule has 7 heteroatoms. The Hall–Kier alpha value is -3.45. The van der Waals surface area contributed by atoms with Crippen LogP contribution in [0.4, 0.5) is 5.82 Å². The standard InChI is InChI=1S/C26H29N5O2/c1-15-19(7-6-8-20(15)18-9-11-33-12-10-18)16(2)27-25-22-14-24-23(30(4)26(32)31(24)5)13-21(22)17(3)28-29-25/h6-9,13-14,16H,10-12H2,1-5H3,(H,27,29)/t16-/m1/s1. The fraction of sp³-hybridized carbons (Fsp3) is 0.346. The Labute approximate surface area is 192 Å². The van der Waals surface area contributed by atoms with E-state index >= 15 is 0 Å². The lowest BCUT2D eigenvalue weighted by atomic mass is 9.91. The van der Waals surface area contributed by atoms with Crippen molar-refractivity contribution in [3.05, 3.63) is 69.3 Å². The fourth-order valence-corrected chi connectivity index (χ4v) is 4.90. The minimum Gasteiger partial charge on any atom is -0.377 e. The first-order chi connectivity index (χ1) is 15.9. The maximum atomic E-state index is 12.5. The van der Waals surface area contributed by atoms with Gasteiger partial charge in [-0.3, -0.25) is 9.13 Å². The number of anilines is 1. The van der Waals surface area contributed by atoms with Crippen LogP contribution in [0.1, 0.15) is 41.8 Å². The van der Waals surface area contributed by atoms with Gasteiger partial charge in [0, 0.05) is 24.9 Å². The highest BCUT2D eigenvalue weighted by Crippen LogP contribution is 2.33. The number of nitrogens with one attached hydrogen (secondary N) is 1. The second kappa shape index (κ2) is 8.15. The van der Waals surface area contributed by atoms with E-state index in [0.29, 0.717) is 6.61 Å². The van der Waals surface area contributed by atoms with Gasteiger partial charge in [-0.15, -0.1) is 5.10 Å². The molecular formula is C26H29N5O2. The van der Waals surface area contributed by atoms with Gasteiger partial charge >= 0.3 is 5.69 Å². The molecule has 1 aliphatic heterocycles. The molecule has 0 saturated heterocycles. The van der Waals surface area contributed by atoms with Crippen molar-refractivity contribution < 1.29 is 4.74 Å². The van der Waals surface area contributed by atoms with E-state index in [1.807, 2.05) is 19.1 Å². The van der Waals surface area contributed by atoms with Gasteiger partial charge < -0.3 is 10.1 Å². The van der Waals surface area contributed by atoms with Gasteiger partial charge in [-0.2, -0.15) is 5.10 Å². The van der Waals surface area contributed by atoms with Crippen molar-refractivity contribution in [1.82, 2.24) is 19.3 Å². The Morgan fingerprint density at radius 3 is 2.48 bits per heavy atom. The number of imidazole rings is 1. The summed E-state index contributed by atoms with van der Waals surface area (Å²) in [6.07, 6.45) is 3.12. The molecule has 33 heavy (non-hydrogen) atoms. The zero-order valence-corrected chi connectivity index (χ0v) is 19.8. The van der Waals surface area contributed by atoms with Gasteiger partial charge in [0.05, 0.1) is 36.0 Å². The topological polar surface area (TPSA) is 74.0 Å². The normalized spacial score (nSPS) is 15.1. The van der Waals surface area contributed by atoms with E-state index in [2.05, 4.69) is 53.6 Å². The molecule has 0 bridgehead atoms. The molecule has 0 amide bonds. The monoisotopic (exact) mass is 443 g/mol. The van der Waals surface area contributed by atoms with Gasteiger partial charge in [-0.25, -0.2) is 4.79 Å². The van der Waals surface area contributed by atoms with Crippen LogP contribution in [-0.2, 0) is 18.8 Å². The summed E-state index contributed by atoms with van der Waals surface area (Å²) >= 11 is 0. The van der Waals surface area contributed by atoms with E-state index in [9.17, 15) is 4.79 Å². The predicted molar refractivity (Wildman–Crippen MR) is 133 cm³/mol. The Morgan fingerprint density at radius 2 is 1.79 bits per heavy atom. The fourth-order valence-electron chi connectivity index (χ4n) is 4.90. The first-order valence-electron chi connectivity index (χ1n) is 11.3. The van der Waals surface area contributed by atoms with Crippen LogP contribution in [0.25, 0.3) is 27.4 Å². The molecule has 170 valence electrons. The molecular weight excluding hydrogens is 414 g/mol. The molecule has 1 aliphatic rings. The highest BCUT2D eigenvalue weighted by Gasteiger charge is 2.18. The smallest absolute Gasteiger partial charge is 0.328 e. The van der Waals surface area contributed by atoms with Crippen LogP contribution in [0, 0.1) is 13.8 Å². The lowest BCUT2D eigenvalue weighted by Crippen LogP contribution is -2.19. The van der Waals surface area contributed by atoms with Crippen molar-refractivity contribution in [3.8, 4) is 0 Å². The highest BCUT2D eigenvalue weighted by atomic mass is 16.5. The van der Waals surface area contributed by atoms with Crippen molar-refractivity contribution >= 4 is 33.2 Å². The average molecular weight is 444 g/mol. The molecule has 2 aromatic heterocycles. The minimum atomic E-state index is -0.0448. The summed E-state index contributed by atoms with van der Waals surface area (Å²) in [7, 11) is 3.60. The number of ether oxygens (including phenoxy) is 1. The van der Waals surface area contributed by atoms with E-state index in [0.717, 1.165) is 46.3 Å². The van der Waals surface area contributed by atoms with E-state index in [-0.39, 0.29) is 11.7 Å². The van der Waals surface area contributed by atoms with E-state index < -0.39 is 0 Å². The van der Waals surface area contributed by atoms with Crippen molar-refractivity contribution in [2.24, 2.45) is 14.1 Å². The molecule has 1 atom stereocenters. The first kappa shape index (κ1) is 21.4. The molecule has 0 unspecified atom stereocenters. The third-order valence-corrected chi connectivity index (χ3v) is 6.86. The van der Waals surface area contributed by atoms with Crippen molar-refractivity contribution in [1.29, 1.82) is 0 Å². The van der Waals surface area contributed by atoms with Crippen LogP contribution in [-0.4, -0.2) is 32.5 Å². The maximum Gasteiger partial charge on any atom is 0.328 e. The molecule has 0 aliphatic carbocycles. The lowest BCUT2D eigenvalue weighted by Gasteiger charge is -2.22. The maximum absolute atomic E-state index is 12.5. The van der Waals surface area contributed by atoms with Crippen LogP contribution in [0.2, 0.25) is 0 Å². The third kappa shape index (κ3) is 3.53. The second-order valence-corrected chi connectivity index (χ2v) is 8.86. The number of nitrogens with zero attached hydrogens (tertiary/aromatic N) is 4. The molecule has 0 saturated carbocycles. The molecule has 7 nitrogen and oxygen atoms in total. The molecule has 4 aromatic rings. The van der Waals surface area contributed by atoms with Gasteiger partial charge in [-0.1, -0.05) is 24.3 Å². The molecule has 0 spiro atoms. The van der Waals surface area contributed by atoms with Gasteiger partial charge in [0.1, 0.15) is 0 Å². The summed E-state index contributed by atoms with van der Waals surface area (Å²) in [5.74, 6) is 0.719. The largest absolute Gasteiger partial charge is 0.377 e. The number of hydrogen-bond donors (Lipinski definition) is 1. The minimum absolute atomic E-state index is 0.0286. The highest BCUT2D eigenvalue weighted by molar-refractivity contribution is 6.01. The lowest BCUT2D eigenvalue weighted by molar-refractivity contribution is 0.161. The van der Waals surface area contributed by atoms with Gasteiger partial charge in [0.15, 0.2) is 5.82 Å². The summed E-state index contributed by atoms with van der Waals surface area (Å²) < 4.78 is 8.83. The molecule has 3 heterocycles. The Morgan fingerprint density at radius 1 is 1.06 bits per heavy atom. The van der Waals surface area contributed by atoms with E-state index in [4.69, 9.17) is 4.74 Å². The Bertz CT molecular complexity index is 1480. The van der Waals surface area contributed by atoms with Gasteiger partial charge in [0.2, 0.25) is 0 Å². The van der Waals surface area contributed by atoms with Crippen molar-refractivity contribution in [2.75, 3.05) is 18.5 Å². The van der Waals surface area contributed by atoms with E-state index in [1.54, 1.807) is 23.2 Å². The van der Waals surface area contributed by atoms with Crippen LogP contribution >= 0.6 is 0 Å². The summed E-state index contributed by atoms with van der Waals surface area (Å²) in [4.78, 5) is 12.5. The molecule has 0 fully saturated rings. The van der Waals surface area contributed by atoms with Crippen LogP contribution in [0.3, 0.4) is 0 Å². The summed E-state index contributed by atoms with van der Waals surface area (Å²) in [6.45, 7) is 7.72. The van der Waals surface area contributed by atoms with Crippen LogP contribution < -0.4 is 11.0 Å². The SMILES string of the molecule is Cc1c(C2=CCOCC2)cccc1[C@@H](C)Nc1nnc(C)c2cc3c(cc12)n(C)c(=O)n3C. The number of aromatic nitrogens is 4. The number of rotatable bonds is 4. The van der Waals surface area contributed by atoms with Gasteiger partial charge in [0.25, 0.3) is 0 Å². The average Bonchev–Trinajstić information content (AvgIpc) is 3.04. The van der Waals surface area contributed by atoms with Crippen molar-refractivity contribution in [3.63, 3.8) is 0 Å².